The molecule has 0 atom stereocenters. The third kappa shape index (κ3) is 4.36. The lowest BCUT2D eigenvalue weighted by molar-refractivity contribution is 0.0691. The van der Waals surface area contributed by atoms with E-state index >= 15 is 0 Å². The predicted octanol–water partition coefficient (Wildman–Crippen LogP) is 2.62. The Labute approximate surface area is 146 Å². The molecule has 0 aliphatic rings. The highest BCUT2D eigenvalue weighted by Crippen LogP contribution is 2.24. The molecule has 0 radical (unpaired) electrons. The minimum absolute atomic E-state index is 0.0337. The second kappa shape index (κ2) is 7.49. The van der Waals surface area contributed by atoms with Crippen LogP contribution in [0, 0.1) is 0 Å². The molecule has 0 aliphatic heterocycles. The fraction of sp³-hybridized carbons (Fsp3) is 0.0625. The molecule has 0 saturated heterocycles. The van der Waals surface area contributed by atoms with Gasteiger partial charge in [0.25, 0.3) is 0 Å². The van der Waals surface area contributed by atoms with Gasteiger partial charge >= 0.3 is 12.0 Å². The maximum absolute atomic E-state index is 11.8. The third-order valence-electron chi connectivity index (χ3n) is 3.18. The molecule has 0 fully saturated rings. The number of aromatic carboxylic acids is 1. The summed E-state index contributed by atoms with van der Waals surface area (Å²) >= 11 is 1.27. The van der Waals surface area contributed by atoms with Crippen molar-refractivity contribution < 1.29 is 14.7 Å². The van der Waals surface area contributed by atoms with Crippen LogP contribution in [0.5, 0.6) is 0 Å². The Bertz CT molecular complexity index is 880. The van der Waals surface area contributed by atoms with Crippen LogP contribution in [-0.4, -0.2) is 32.1 Å². The number of aromatic nitrogens is 3. The lowest BCUT2D eigenvalue weighted by Gasteiger charge is -2.07. The molecule has 126 valence electrons. The molecule has 8 nitrogen and oxygen atoms in total. The molecule has 25 heavy (non-hydrogen) atoms. The average Bonchev–Trinajstić information content (AvgIpc) is 3.12. The number of rotatable bonds is 5. The molecule has 3 rings (SSSR count). The van der Waals surface area contributed by atoms with Gasteiger partial charge in [-0.1, -0.05) is 24.3 Å². The second-order valence-corrected chi connectivity index (χ2v) is 5.80. The monoisotopic (exact) mass is 355 g/mol. The molecule has 0 aliphatic carbocycles. The fourth-order valence-electron chi connectivity index (χ4n) is 1.98. The number of nitrogens with zero attached hydrogens (tertiary/aromatic N) is 3. The van der Waals surface area contributed by atoms with Crippen LogP contribution in [0.1, 0.15) is 16.1 Å². The van der Waals surface area contributed by atoms with Crippen molar-refractivity contribution in [1.29, 1.82) is 0 Å². The number of benzene rings is 1. The average molecular weight is 355 g/mol. The van der Waals surface area contributed by atoms with Crippen molar-refractivity contribution >= 4 is 29.2 Å². The van der Waals surface area contributed by atoms with E-state index in [1.807, 2.05) is 24.3 Å². The van der Waals surface area contributed by atoms with Crippen LogP contribution in [0.2, 0.25) is 0 Å². The highest BCUT2D eigenvalue weighted by atomic mass is 32.1. The molecule has 3 N–H and O–H groups in total. The van der Waals surface area contributed by atoms with Gasteiger partial charge in [-0.2, -0.15) is 0 Å². The number of hydrogen-bond acceptors (Lipinski definition) is 6. The minimum Gasteiger partial charge on any atom is -0.476 e. The zero-order valence-electron chi connectivity index (χ0n) is 12.8. The number of carboxylic acid groups (broad SMARTS) is 1. The molecule has 9 heteroatoms. The molecular formula is C16H13N5O3S. The van der Waals surface area contributed by atoms with Crippen LogP contribution in [0.4, 0.5) is 10.6 Å². The van der Waals surface area contributed by atoms with E-state index in [2.05, 4.69) is 25.6 Å². The van der Waals surface area contributed by atoms with Crippen molar-refractivity contribution in [1.82, 2.24) is 20.3 Å². The van der Waals surface area contributed by atoms with Crippen LogP contribution < -0.4 is 10.6 Å². The van der Waals surface area contributed by atoms with Gasteiger partial charge in [0.1, 0.15) is 5.01 Å². The highest BCUT2D eigenvalue weighted by molar-refractivity contribution is 7.13. The summed E-state index contributed by atoms with van der Waals surface area (Å²) in [5, 5.41) is 16.3. The summed E-state index contributed by atoms with van der Waals surface area (Å²) in [6, 6.07) is 6.99. The van der Waals surface area contributed by atoms with Gasteiger partial charge in [-0.25, -0.2) is 19.6 Å². The quantitative estimate of drug-likeness (QED) is 0.648. The fourth-order valence-corrected chi connectivity index (χ4v) is 2.78. The molecule has 0 unspecified atom stereocenters. The molecule has 0 saturated carbocycles. The zero-order chi connectivity index (χ0) is 17.6. The number of carbonyl (C=O) groups excluding carboxylic acids is 1. The standard InChI is InChI=1S/C16H13N5O3S/c22-15(23)12-9-25-14(20-12)11-3-1-10(2-4-11)7-19-16(24)21-13-8-17-5-6-18-13/h1-6,8-9H,7H2,(H,22,23)(H2,18,19,21,24). The predicted molar refractivity (Wildman–Crippen MR) is 92.4 cm³/mol. The van der Waals surface area contributed by atoms with Gasteiger partial charge in [-0.3, -0.25) is 10.3 Å². The van der Waals surface area contributed by atoms with Crippen LogP contribution in [-0.2, 0) is 6.54 Å². The zero-order valence-corrected chi connectivity index (χ0v) is 13.7. The van der Waals surface area contributed by atoms with Crippen molar-refractivity contribution in [3.8, 4) is 10.6 Å². The summed E-state index contributed by atoms with van der Waals surface area (Å²) < 4.78 is 0. The number of thiazole rings is 1. The van der Waals surface area contributed by atoms with Crippen molar-refractivity contribution in [2.75, 3.05) is 5.32 Å². The van der Waals surface area contributed by atoms with Gasteiger partial charge < -0.3 is 10.4 Å². The first kappa shape index (κ1) is 16.5. The first-order valence-corrected chi connectivity index (χ1v) is 8.09. The number of anilines is 1. The summed E-state index contributed by atoms with van der Waals surface area (Å²) in [5.74, 6) is -0.675. The molecule has 2 amide bonds. The smallest absolute Gasteiger partial charge is 0.355 e. The second-order valence-electron chi connectivity index (χ2n) is 4.94. The molecule has 2 aromatic heterocycles. The maximum atomic E-state index is 11.8. The molecule has 1 aromatic carbocycles. The van der Waals surface area contributed by atoms with Gasteiger partial charge in [-0.15, -0.1) is 11.3 Å². The summed E-state index contributed by atoms with van der Waals surface area (Å²) in [6.07, 6.45) is 4.46. The summed E-state index contributed by atoms with van der Waals surface area (Å²) in [6.45, 7) is 0.338. The van der Waals surface area contributed by atoms with Crippen LogP contribution >= 0.6 is 11.3 Å². The Morgan fingerprint density at radius 2 is 1.96 bits per heavy atom. The van der Waals surface area contributed by atoms with Crippen molar-refractivity contribution in [2.24, 2.45) is 0 Å². The van der Waals surface area contributed by atoms with Crippen molar-refractivity contribution in [3.63, 3.8) is 0 Å². The normalized spacial score (nSPS) is 10.2. The number of nitrogens with one attached hydrogen (secondary N) is 2. The van der Waals surface area contributed by atoms with Gasteiger partial charge in [0.15, 0.2) is 11.5 Å². The van der Waals surface area contributed by atoms with E-state index in [9.17, 15) is 9.59 Å². The third-order valence-corrected chi connectivity index (χ3v) is 4.07. The molecule has 0 bridgehead atoms. The first-order chi connectivity index (χ1) is 12.1. The Morgan fingerprint density at radius 1 is 1.16 bits per heavy atom. The molecule has 3 aromatic rings. The van der Waals surface area contributed by atoms with E-state index in [0.29, 0.717) is 17.4 Å². The Morgan fingerprint density at radius 3 is 2.60 bits per heavy atom. The van der Waals surface area contributed by atoms with Crippen molar-refractivity contribution in [2.45, 2.75) is 6.54 Å². The minimum atomic E-state index is -1.04. The van der Waals surface area contributed by atoms with E-state index in [1.165, 1.54) is 35.3 Å². The summed E-state index contributed by atoms with van der Waals surface area (Å²) in [5.41, 5.74) is 1.75. The molecule has 2 heterocycles. The molecule has 0 spiro atoms. The maximum Gasteiger partial charge on any atom is 0.355 e. The van der Waals surface area contributed by atoms with Gasteiger partial charge in [0.2, 0.25) is 0 Å². The van der Waals surface area contributed by atoms with Crippen LogP contribution in [0.25, 0.3) is 10.6 Å². The van der Waals surface area contributed by atoms with E-state index in [4.69, 9.17) is 5.11 Å². The lowest BCUT2D eigenvalue weighted by Crippen LogP contribution is -2.28. The van der Waals surface area contributed by atoms with E-state index in [-0.39, 0.29) is 11.7 Å². The summed E-state index contributed by atoms with van der Waals surface area (Å²) in [4.78, 5) is 34.5. The Balaban J connectivity index is 1.57. The highest BCUT2D eigenvalue weighted by Gasteiger charge is 2.10. The van der Waals surface area contributed by atoms with Gasteiger partial charge in [0.05, 0.1) is 6.20 Å². The number of amides is 2. The Hall–Kier alpha value is -3.33. The largest absolute Gasteiger partial charge is 0.476 e. The number of hydrogen-bond donors (Lipinski definition) is 3. The van der Waals surface area contributed by atoms with Gasteiger partial charge in [-0.05, 0) is 5.56 Å². The number of carboxylic acids is 1. The topological polar surface area (TPSA) is 117 Å². The molecular weight excluding hydrogens is 342 g/mol. The SMILES string of the molecule is O=C(NCc1ccc(-c2nc(C(=O)O)cs2)cc1)Nc1cnccn1. The number of carbonyl (C=O) groups is 2. The Kier molecular flexibility index (Phi) is 4.95. The van der Waals surface area contributed by atoms with E-state index < -0.39 is 5.97 Å². The van der Waals surface area contributed by atoms with Crippen molar-refractivity contribution in [3.05, 3.63) is 59.5 Å². The first-order valence-electron chi connectivity index (χ1n) is 7.21. The summed E-state index contributed by atoms with van der Waals surface area (Å²) in [7, 11) is 0. The van der Waals surface area contributed by atoms with Crippen LogP contribution in [0.3, 0.4) is 0 Å². The van der Waals surface area contributed by atoms with Gasteiger partial charge in [0, 0.05) is 29.9 Å². The van der Waals surface area contributed by atoms with Crippen LogP contribution in [0.15, 0.2) is 48.2 Å². The lowest BCUT2D eigenvalue weighted by atomic mass is 10.1. The number of urea groups is 1. The van der Waals surface area contributed by atoms with E-state index in [1.54, 1.807) is 0 Å². The van der Waals surface area contributed by atoms with E-state index in [0.717, 1.165) is 11.1 Å².